The Bertz CT molecular complexity index is 530. The number of nitrogens with one attached hydrogen (secondary N) is 2. The molecule has 0 aliphatic heterocycles. The molecule has 8 heteroatoms. The fourth-order valence-corrected chi connectivity index (χ4v) is 1.31. The minimum absolute atomic E-state index is 0.208. The van der Waals surface area contributed by atoms with Gasteiger partial charge in [0, 0.05) is 25.2 Å². The van der Waals surface area contributed by atoms with Crippen LogP contribution < -0.4 is 16.8 Å². The number of hydrogen-bond acceptors (Lipinski definition) is 6. The van der Waals surface area contributed by atoms with Crippen LogP contribution in [0.4, 0.5) is 5.82 Å². The third-order valence-corrected chi connectivity index (χ3v) is 2.11. The van der Waals surface area contributed by atoms with Gasteiger partial charge in [0.2, 0.25) is 0 Å². The summed E-state index contributed by atoms with van der Waals surface area (Å²) in [5, 5.41) is 10.1. The number of rotatable bonds is 3. The highest BCUT2D eigenvalue weighted by atomic mass is 16.1. The zero-order chi connectivity index (χ0) is 11.5. The van der Waals surface area contributed by atoms with Crippen LogP contribution in [0.2, 0.25) is 0 Å². The summed E-state index contributed by atoms with van der Waals surface area (Å²) in [6.45, 7) is 0. The number of aromatic amines is 1. The summed E-state index contributed by atoms with van der Waals surface area (Å²) in [6, 6.07) is 0. The Morgan fingerprint density at radius 3 is 3.06 bits per heavy atom. The van der Waals surface area contributed by atoms with Gasteiger partial charge in [-0.1, -0.05) is 0 Å². The first kappa shape index (κ1) is 10.1. The normalized spacial score (nSPS) is 10.3. The Labute approximate surface area is 90.5 Å². The van der Waals surface area contributed by atoms with Crippen LogP contribution in [0.25, 0.3) is 0 Å². The monoisotopic (exact) mass is 221 g/mol. The molecule has 0 saturated heterocycles. The van der Waals surface area contributed by atoms with Crippen molar-refractivity contribution >= 4 is 5.82 Å². The molecule has 0 atom stereocenters. The average molecular weight is 221 g/mol. The molecule has 2 aromatic heterocycles. The second-order valence-corrected chi connectivity index (χ2v) is 3.17. The van der Waals surface area contributed by atoms with E-state index in [9.17, 15) is 4.79 Å². The summed E-state index contributed by atoms with van der Waals surface area (Å²) >= 11 is 0. The molecule has 0 saturated carbocycles. The van der Waals surface area contributed by atoms with Gasteiger partial charge in [-0.15, -0.1) is 0 Å². The van der Waals surface area contributed by atoms with E-state index in [1.807, 2.05) is 0 Å². The largest absolute Gasteiger partial charge is 0.383 e. The lowest BCUT2D eigenvalue weighted by Gasteiger charge is -2.07. The summed E-state index contributed by atoms with van der Waals surface area (Å²) in [5.74, 6) is 0.208. The number of hydrogen-bond donors (Lipinski definition) is 3. The van der Waals surface area contributed by atoms with Crippen LogP contribution >= 0.6 is 0 Å². The minimum Gasteiger partial charge on any atom is -0.383 e. The molecule has 0 spiro atoms. The zero-order valence-electron chi connectivity index (χ0n) is 8.64. The maximum absolute atomic E-state index is 11.3. The van der Waals surface area contributed by atoms with Crippen LogP contribution in [0.5, 0.6) is 0 Å². The molecule has 0 aliphatic carbocycles. The lowest BCUT2D eigenvalue weighted by atomic mass is 10.2. The summed E-state index contributed by atoms with van der Waals surface area (Å²) in [7, 11) is 1.62. The first-order chi connectivity index (χ1) is 7.70. The zero-order valence-corrected chi connectivity index (χ0v) is 8.64. The third kappa shape index (κ3) is 1.85. The molecule has 4 N–H and O–H groups in total. The van der Waals surface area contributed by atoms with E-state index in [1.54, 1.807) is 19.4 Å². The molecule has 0 aromatic carbocycles. The number of aromatic nitrogens is 5. The van der Waals surface area contributed by atoms with Crippen LogP contribution in [0.1, 0.15) is 11.3 Å². The molecule has 0 bridgehead atoms. The Morgan fingerprint density at radius 1 is 1.62 bits per heavy atom. The smallest absolute Gasteiger partial charge is 0.368 e. The van der Waals surface area contributed by atoms with E-state index >= 15 is 0 Å². The van der Waals surface area contributed by atoms with E-state index in [-0.39, 0.29) is 5.82 Å². The topological polar surface area (TPSA) is 115 Å². The molecule has 2 aromatic rings. The van der Waals surface area contributed by atoms with Gasteiger partial charge in [0.25, 0.3) is 0 Å². The summed E-state index contributed by atoms with van der Waals surface area (Å²) in [6.07, 6.45) is 3.66. The Kier molecular flexibility index (Phi) is 2.54. The predicted octanol–water partition coefficient (Wildman–Crippen LogP) is -1.29. The molecule has 0 amide bonds. The van der Waals surface area contributed by atoms with E-state index in [4.69, 9.17) is 5.73 Å². The molecule has 2 rings (SSSR count). The molecular weight excluding hydrogens is 210 g/mol. The molecule has 16 heavy (non-hydrogen) atoms. The van der Waals surface area contributed by atoms with Crippen LogP contribution in [-0.2, 0) is 6.42 Å². The number of nitrogens with zero attached hydrogens (tertiary/aromatic N) is 4. The van der Waals surface area contributed by atoms with Crippen molar-refractivity contribution in [2.45, 2.75) is 6.42 Å². The minimum atomic E-state index is -0.441. The molecule has 0 fully saturated rings. The van der Waals surface area contributed by atoms with Gasteiger partial charge in [-0.25, -0.2) is 9.47 Å². The molecule has 0 aliphatic rings. The van der Waals surface area contributed by atoms with Crippen molar-refractivity contribution in [1.29, 1.82) is 0 Å². The molecule has 8 nitrogen and oxygen atoms in total. The fourth-order valence-electron chi connectivity index (χ4n) is 1.31. The quantitative estimate of drug-likeness (QED) is 0.594. The van der Waals surface area contributed by atoms with Crippen LogP contribution in [0, 0.1) is 0 Å². The van der Waals surface area contributed by atoms with Gasteiger partial charge in [-0.05, 0) is 0 Å². The maximum Gasteiger partial charge on any atom is 0.368 e. The highest BCUT2D eigenvalue weighted by molar-refractivity contribution is 5.39. The SMILES string of the molecule is CNn1cc(Cc2cn[nH]n2)c(N)nc1=O. The van der Waals surface area contributed by atoms with Gasteiger partial charge in [-0.2, -0.15) is 20.4 Å². The van der Waals surface area contributed by atoms with E-state index in [0.717, 1.165) is 5.69 Å². The Hall–Kier alpha value is -2.38. The third-order valence-electron chi connectivity index (χ3n) is 2.11. The molecule has 84 valence electrons. The van der Waals surface area contributed by atoms with Gasteiger partial charge in [-0.3, -0.25) is 0 Å². The van der Waals surface area contributed by atoms with Gasteiger partial charge in [0.1, 0.15) is 5.82 Å². The van der Waals surface area contributed by atoms with E-state index in [0.29, 0.717) is 12.0 Å². The number of nitrogen functional groups attached to an aromatic ring is 1. The van der Waals surface area contributed by atoms with Crippen molar-refractivity contribution in [1.82, 2.24) is 25.1 Å². The summed E-state index contributed by atoms with van der Waals surface area (Å²) in [5.41, 5.74) is 9.34. The van der Waals surface area contributed by atoms with Crippen molar-refractivity contribution in [2.24, 2.45) is 0 Å². The van der Waals surface area contributed by atoms with Crippen molar-refractivity contribution in [3.8, 4) is 0 Å². The van der Waals surface area contributed by atoms with Gasteiger partial charge >= 0.3 is 5.69 Å². The summed E-state index contributed by atoms with van der Waals surface area (Å²) < 4.78 is 1.26. The van der Waals surface area contributed by atoms with Gasteiger partial charge in [0.15, 0.2) is 0 Å². The van der Waals surface area contributed by atoms with E-state index < -0.39 is 5.69 Å². The molecule has 0 radical (unpaired) electrons. The van der Waals surface area contributed by atoms with Crippen LogP contribution in [0.15, 0.2) is 17.2 Å². The van der Waals surface area contributed by atoms with Gasteiger partial charge < -0.3 is 11.2 Å². The number of H-pyrrole nitrogens is 1. The Morgan fingerprint density at radius 2 is 2.44 bits per heavy atom. The van der Waals surface area contributed by atoms with Crippen LogP contribution in [-0.4, -0.2) is 32.1 Å². The van der Waals surface area contributed by atoms with Crippen molar-refractivity contribution in [3.05, 3.63) is 34.1 Å². The lowest BCUT2D eigenvalue weighted by molar-refractivity contribution is 0.808. The second kappa shape index (κ2) is 4.01. The lowest BCUT2D eigenvalue weighted by Crippen LogP contribution is -2.30. The number of nitrogens with two attached hydrogens (primary N) is 1. The Balaban J connectivity index is 2.37. The molecular formula is C8H11N7O. The van der Waals surface area contributed by atoms with Crippen LogP contribution in [0.3, 0.4) is 0 Å². The summed E-state index contributed by atoms with van der Waals surface area (Å²) in [4.78, 5) is 15.0. The first-order valence-electron chi connectivity index (χ1n) is 4.61. The average Bonchev–Trinajstić information content (AvgIpc) is 2.75. The van der Waals surface area contributed by atoms with Crippen molar-refractivity contribution in [2.75, 3.05) is 18.2 Å². The first-order valence-corrected chi connectivity index (χ1v) is 4.61. The standard InChI is InChI=1S/C8H11N7O/c1-10-15-4-5(7(9)12-8(15)16)2-6-3-11-14-13-6/h3-4,10H,2H2,1H3,(H2,9,12,16)(H,11,13,14). The molecule has 2 heterocycles. The highest BCUT2D eigenvalue weighted by Gasteiger charge is 2.07. The van der Waals surface area contributed by atoms with Gasteiger partial charge in [0.05, 0.1) is 11.9 Å². The van der Waals surface area contributed by atoms with E-state index in [2.05, 4.69) is 25.8 Å². The number of anilines is 1. The maximum atomic E-state index is 11.3. The van der Waals surface area contributed by atoms with E-state index in [1.165, 1.54) is 4.68 Å². The second-order valence-electron chi connectivity index (χ2n) is 3.17. The predicted molar refractivity (Wildman–Crippen MR) is 57.4 cm³/mol. The van der Waals surface area contributed by atoms with Crippen molar-refractivity contribution < 1.29 is 0 Å². The van der Waals surface area contributed by atoms with Crippen molar-refractivity contribution in [3.63, 3.8) is 0 Å². The fraction of sp³-hybridized carbons (Fsp3) is 0.250. The highest BCUT2D eigenvalue weighted by Crippen LogP contribution is 2.09. The molecule has 0 unspecified atom stereocenters.